The van der Waals surface area contributed by atoms with E-state index in [9.17, 15) is 18.3 Å². The number of pyridine rings is 1. The second kappa shape index (κ2) is 11.8. The zero-order valence-corrected chi connectivity index (χ0v) is 22.6. The Kier molecular flexibility index (Phi) is 8.98. The van der Waals surface area contributed by atoms with Crippen molar-refractivity contribution in [2.24, 2.45) is 11.8 Å². The number of nitriles is 1. The first kappa shape index (κ1) is 28.2. The standard InChI is InChI=1S/C28H35N3O5S/c1-19(2)14-28(15-20(3)4)16-25(32)24(27(33)36-28)10-6-8-21-7-5-9-23(13-21)31-37(34,35)26-12-11-22(17-29)18-30-26/h5,7,9,11-13,18-20,31-32H,6,8,10,14-16H2,1-4H3. The number of cyclic esters (lactones) is 1. The Morgan fingerprint density at radius 2 is 1.84 bits per heavy atom. The number of esters is 1. The Hall–Kier alpha value is -3.38. The Labute approximate surface area is 219 Å². The molecular formula is C28H35N3O5S. The summed E-state index contributed by atoms with van der Waals surface area (Å²) in [5, 5.41) is 19.5. The number of nitrogens with zero attached hydrogens (tertiary/aromatic N) is 2. The summed E-state index contributed by atoms with van der Waals surface area (Å²) >= 11 is 0. The van der Waals surface area contributed by atoms with Crippen molar-refractivity contribution >= 4 is 21.7 Å². The molecule has 1 aromatic heterocycles. The fourth-order valence-corrected chi connectivity index (χ4v) is 5.92. The van der Waals surface area contributed by atoms with Crippen molar-refractivity contribution in [1.29, 1.82) is 5.26 Å². The van der Waals surface area contributed by atoms with Crippen LogP contribution in [0.3, 0.4) is 0 Å². The number of aliphatic hydroxyl groups excluding tert-OH is 1. The van der Waals surface area contributed by atoms with Gasteiger partial charge in [0.1, 0.15) is 17.4 Å². The third-order valence-electron chi connectivity index (χ3n) is 6.17. The molecule has 3 rings (SSSR count). The third kappa shape index (κ3) is 7.56. The first-order valence-electron chi connectivity index (χ1n) is 12.6. The summed E-state index contributed by atoms with van der Waals surface area (Å²) in [7, 11) is -3.91. The van der Waals surface area contributed by atoms with E-state index < -0.39 is 21.6 Å². The van der Waals surface area contributed by atoms with E-state index in [1.54, 1.807) is 18.2 Å². The van der Waals surface area contributed by atoms with Gasteiger partial charge >= 0.3 is 5.97 Å². The molecule has 198 valence electrons. The van der Waals surface area contributed by atoms with Crippen LogP contribution in [0.1, 0.15) is 70.9 Å². The number of aromatic nitrogens is 1. The lowest BCUT2D eigenvalue weighted by Gasteiger charge is -2.39. The largest absolute Gasteiger partial charge is 0.512 e. The molecule has 2 aromatic rings. The first-order valence-corrected chi connectivity index (χ1v) is 14.0. The van der Waals surface area contributed by atoms with Gasteiger partial charge in [-0.15, -0.1) is 0 Å². The lowest BCUT2D eigenvalue weighted by atomic mass is 9.79. The van der Waals surface area contributed by atoms with Gasteiger partial charge in [-0.05, 0) is 73.8 Å². The van der Waals surface area contributed by atoms with E-state index in [0.717, 1.165) is 5.56 Å². The fraction of sp³-hybridized carbons (Fsp3) is 0.464. The summed E-state index contributed by atoms with van der Waals surface area (Å²) < 4.78 is 33.8. The van der Waals surface area contributed by atoms with Crippen LogP contribution < -0.4 is 4.72 Å². The van der Waals surface area contributed by atoms with Crippen LogP contribution in [0.5, 0.6) is 0 Å². The molecule has 2 N–H and O–H groups in total. The zero-order chi connectivity index (χ0) is 27.2. The van der Waals surface area contributed by atoms with E-state index in [2.05, 4.69) is 37.4 Å². The Bertz CT molecular complexity index is 1280. The SMILES string of the molecule is CC(C)CC1(CC(C)C)CC(O)=C(CCCc2cccc(NS(=O)(=O)c3ccc(C#N)cn3)c2)C(=O)O1. The van der Waals surface area contributed by atoms with Gasteiger partial charge in [0.25, 0.3) is 10.0 Å². The predicted octanol–water partition coefficient (Wildman–Crippen LogP) is 5.67. The number of carbonyl (C=O) groups is 1. The van der Waals surface area contributed by atoms with Gasteiger partial charge in [0.15, 0.2) is 5.03 Å². The van der Waals surface area contributed by atoms with Crippen LogP contribution in [0, 0.1) is 23.2 Å². The molecule has 0 amide bonds. The Morgan fingerprint density at radius 3 is 2.41 bits per heavy atom. The monoisotopic (exact) mass is 525 g/mol. The molecule has 0 fully saturated rings. The highest BCUT2D eigenvalue weighted by atomic mass is 32.2. The number of nitrogens with one attached hydrogen (secondary N) is 1. The normalized spacial score (nSPS) is 15.5. The predicted molar refractivity (Wildman–Crippen MR) is 141 cm³/mol. The second-order valence-electron chi connectivity index (χ2n) is 10.5. The van der Waals surface area contributed by atoms with Gasteiger partial charge in [-0.2, -0.15) is 13.7 Å². The number of aliphatic hydroxyl groups is 1. The molecule has 37 heavy (non-hydrogen) atoms. The summed E-state index contributed by atoms with van der Waals surface area (Å²) in [6, 6.07) is 11.6. The quantitative estimate of drug-likeness (QED) is 0.362. The highest BCUT2D eigenvalue weighted by molar-refractivity contribution is 7.92. The number of ether oxygens (including phenoxy) is 1. The van der Waals surface area contributed by atoms with Gasteiger partial charge in [0.2, 0.25) is 0 Å². The molecule has 0 saturated heterocycles. The number of aryl methyl sites for hydroxylation is 1. The number of anilines is 1. The number of sulfonamides is 1. The number of hydrogen-bond acceptors (Lipinski definition) is 7. The van der Waals surface area contributed by atoms with Crippen LogP contribution in [0.2, 0.25) is 0 Å². The molecule has 0 radical (unpaired) electrons. The lowest BCUT2D eigenvalue weighted by Crippen LogP contribution is -2.42. The van der Waals surface area contributed by atoms with Crippen molar-refractivity contribution in [2.75, 3.05) is 4.72 Å². The topological polar surface area (TPSA) is 129 Å². The molecule has 8 nitrogen and oxygen atoms in total. The third-order valence-corrected chi connectivity index (χ3v) is 7.46. The molecule has 9 heteroatoms. The number of carbonyl (C=O) groups excluding carboxylic acids is 1. The van der Waals surface area contributed by atoms with Gasteiger partial charge in [-0.3, -0.25) is 4.72 Å². The van der Waals surface area contributed by atoms with Gasteiger partial charge in [-0.25, -0.2) is 9.78 Å². The minimum absolute atomic E-state index is 0.119. The van der Waals surface area contributed by atoms with Crippen LogP contribution in [-0.2, 0) is 26.0 Å². The van der Waals surface area contributed by atoms with Gasteiger partial charge in [0.05, 0.1) is 11.1 Å². The van der Waals surface area contributed by atoms with Crippen LogP contribution in [-0.4, -0.2) is 30.1 Å². The maximum atomic E-state index is 12.9. The van der Waals surface area contributed by atoms with E-state index >= 15 is 0 Å². The summed E-state index contributed by atoms with van der Waals surface area (Å²) in [4.78, 5) is 16.7. The van der Waals surface area contributed by atoms with Crippen molar-refractivity contribution in [3.8, 4) is 6.07 Å². The van der Waals surface area contributed by atoms with Crippen LogP contribution in [0.25, 0.3) is 0 Å². The van der Waals surface area contributed by atoms with Crippen LogP contribution in [0.15, 0.2) is 59.0 Å². The van der Waals surface area contributed by atoms with Crippen molar-refractivity contribution in [3.05, 3.63) is 65.1 Å². The summed E-state index contributed by atoms with van der Waals surface area (Å²) in [6.07, 6.45) is 4.49. The number of hydrogen-bond donors (Lipinski definition) is 2. The molecule has 2 heterocycles. The van der Waals surface area contributed by atoms with Crippen LogP contribution >= 0.6 is 0 Å². The van der Waals surface area contributed by atoms with Gasteiger partial charge in [-0.1, -0.05) is 39.8 Å². The second-order valence-corrected chi connectivity index (χ2v) is 12.2. The maximum absolute atomic E-state index is 12.9. The molecule has 0 saturated carbocycles. The van der Waals surface area contributed by atoms with Crippen molar-refractivity contribution in [3.63, 3.8) is 0 Å². The molecule has 0 aliphatic carbocycles. The van der Waals surface area contributed by atoms with E-state index in [4.69, 9.17) is 10.00 Å². The number of benzene rings is 1. The Balaban J connectivity index is 1.65. The molecule has 1 aliphatic heterocycles. The minimum Gasteiger partial charge on any atom is -0.512 e. The molecule has 0 spiro atoms. The minimum atomic E-state index is -3.91. The highest BCUT2D eigenvalue weighted by Crippen LogP contribution is 2.39. The molecular weight excluding hydrogens is 490 g/mol. The molecule has 0 bridgehead atoms. The lowest BCUT2D eigenvalue weighted by molar-refractivity contribution is -0.163. The van der Waals surface area contributed by atoms with E-state index in [0.29, 0.717) is 61.6 Å². The van der Waals surface area contributed by atoms with E-state index in [-0.39, 0.29) is 16.3 Å². The molecule has 0 unspecified atom stereocenters. The van der Waals surface area contributed by atoms with Crippen molar-refractivity contribution in [2.45, 2.75) is 76.8 Å². The summed E-state index contributed by atoms with van der Waals surface area (Å²) in [5.41, 5.74) is 1.20. The van der Waals surface area contributed by atoms with E-state index in [1.165, 1.54) is 18.3 Å². The summed E-state index contributed by atoms with van der Waals surface area (Å²) in [5.74, 6) is 0.340. The highest BCUT2D eigenvalue weighted by Gasteiger charge is 2.42. The fourth-order valence-electron chi connectivity index (χ4n) is 4.94. The zero-order valence-electron chi connectivity index (χ0n) is 21.8. The van der Waals surface area contributed by atoms with E-state index in [1.807, 2.05) is 12.1 Å². The summed E-state index contributed by atoms with van der Waals surface area (Å²) in [6.45, 7) is 8.34. The van der Waals surface area contributed by atoms with Crippen molar-refractivity contribution in [1.82, 2.24) is 4.98 Å². The average Bonchev–Trinajstić information content (AvgIpc) is 2.80. The maximum Gasteiger partial charge on any atom is 0.337 e. The van der Waals surface area contributed by atoms with Crippen LogP contribution in [0.4, 0.5) is 5.69 Å². The average molecular weight is 526 g/mol. The molecule has 0 atom stereocenters. The molecule has 1 aromatic carbocycles. The van der Waals surface area contributed by atoms with Crippen molar-refractivity contribution < 1.29 is 23.1 Å². The Morgan fingerprint density at radius 1 is 1.14 bits per heavy atom. The molecule has 1 aliphatic rings. The van der Waals surface area contributed by atoms with Gasteiger partial charge < -0.3 is 9.84 Å². The smallest absolute Gasteiger partial charge is 0.337 e. The number of rotatable bonds is 11. The first-order chi connectivity index (χ1) is 17.4. The van der Waals surface area contributed by atoms with Gasteiger partial charge in [0, 0.05) is 18.3 Å².